The van der Waals surface area contributed by atoms with E-state index < -0.39 is 27.7 Å². The van der Waals surface area contributed by atoms with Crippen molar-refractivity contribution in [3.05, 3.63) is 64.9 Å². The Morgan fingerprint density at radius 1 is 1.14 bits per heavy atom. The molecule has 9 nitrogen and oxygen atoms in total. The molecule has 3 amide bonds. The molecule has 1 aromatic heterocycles. The molecule has 182 valence electrons. The summed E-state index contributed by atoms with van der Waals surface area (Å²) < 4.78 is 23.8. The Hall–Kier alpha value is -3.50. The number of carbonyl (C=O) groups excluding carboxylic acids is 3. The summed E-state index contributed by atoms with van der Waals surface area (Å²) in [5.74, 6) is -1.97. The van der Waals surface area contributed by atoms with E-state index in [1.807, 2.05) is 0 Å². The number of hydrogen-bond donors (Lipinski definition) is 2. The Bertz CT molecular complexity index is 1470. The van der Waals surface area contributed by atoms with Gasteiger partial charge in [-0.2, -0.15) is 0 Å². The van der Waals surface area contributed by atoms with Crippen molar-refractivity contribution in [1.29, 1.82) is 0 Å². The fourth-order valence-electron chi connectivity index (χ4n) is 4.27. The van der Waals surface area contributed by atoms with Crippen LogP contribution in [-0.2, 0) is 19.4 Å². The lowest BCUT2D eigenvalue weighted by atomic mass is 9.82. The number of aromatic nitrogens is 1. The van der Waals surface area contributed by atoms with Gasteiger partial charge in [0, 0.05) is 46.9 Å². The maximum absolute atomic E-state index is 13.6. The smallest absolute Gasteiger partial charge is 0.254 e. The molecule has 3 aromatic rings. The number of fused-ring (bicyclic) bond motifs is 2. The van der Waals surface area contributed by atoms with Gasteiger partial charge in [0.1, 0.15) is 6.54 Å². The fourth-order valence-corrected chi connectivity index (χ4v) is 5.11. The summed E-state index contributed by atoms with van der Waals surface area (Å²) in [6.07, 6.45) is 4.11. The second-order valence-corrected chi connectivity index (χ2v) is 10.8. The van der Waals surface area contributed by atoms with Gasteiger partial charge in [-0.3, -0.25) is 19.4 Å². The predicted octanol–water partition coefficient (Wildman–Crippen LogP) is 2.60. The molecule has 2 aromatic carbocycles. The van der Waals surface area contributed by atoms with Crippen LogP contribution < -0.4 is 10.6 Å². The van der Waals surface area contributed by atoms with E-state index in [1.165, 1.54) is 36.5 Å². The first kappa shape index (κ1) is 24.6. The molecular formula is C24H23ClN4O5S. The van der Waals surface area contributed by atoms with Crippen molar-refractivity contribution in [2.75, 3.05) is 25.2 Å². The molecule has 1 aliphatic heterocycles. The van der Waals surface area contributed by atoms with Crippen LogP contribution in [0.15, 0.2) is 53.7 Å². The van der Waals surface area contributed by atoms with E-state index >= 15 is 0 Å². The average Bonchev–Trinajstić information content (AvgIpc) is 2.80. The van der Waals surface area contributed by atoms with Crippen molar-refractivity contribution < 1.29 is 22.8 Å². The zero-order valence-corrected chi connectivity index (χ0v) is 20.8. The van der Waals surface area contributed by atoms with E-state index in [-0.39, 0.29) is 23.3 Å². The van der Waals surface area contributed by atoms with Crippen molar-refractivity contribution in [3.8, 4) is 0 Å². The number of amides is 3. The Balaban J connectivity index is 1.74. The Labute approximate surface area is 207 Å². The summed E-state index contributed by atoms with van der Waals surface area (Å²) >= 11 is 6.20. The lowest BCUT2D eigenvalue weighted by Gasteiger charge is -2.39. The standard InChI is InChI=1S/C24H23ClN4O5S/c1-13-22(19-9-15(25)4-6-18(19)24(32)29(13)12-21(30)26-2)23(31)28-20-11-27-10-14-8-16(35(3,33)34)5-7-17(14)20/h4-11,13,22H,12H2,1-3H3,(H,26,30)(H,28,31)/t13-,22-/m1/s1. The van der Waals surface area contributed by atoms with Crippen LogP contribution in [0.4, 0.5) is 5.69 Å². The molecule has 0 bridgehead atoms. The summed E-state index contributed by atoms with van der Waals surface area (Å²) in [5, 5.41) is 6.90. The zero-order valence-electron chi connectivity index (χ0n) is 19.2. The number of sulfone groups is 1. The highest BCUT2D eigenvalue weighted by Crippen LogP contribution is 2.36. The van der Waals surface area contributed by atoms with Crippen molar-refractivity contribution in [3.63, 3.8) is 0 Å². The molecule has 2 N–H and O–H groups in total. The Morgan fingerprint density at radius 2 is 1.89 bits per heavy atom. The largest absolute Gasteiger partial charge is 0.358 e. The van der Waals surface area contributed by atoms with Crippen LogP contribution in [0.1, 0.15) is 28.8 Å². The quantitative estimate of drug-likeness (QED) is 0.539. The highest BCUT2D eigenvalue weighted by molar-refractivity contribution is 7.90. The summed E-state index contributed by atoms with van der Waals surface area (Å²) in [7, 11) is -1.94. The van der Waals surface area contributed by atoms with Crippen LogP contribution in [-0.4, -0.2) is 61.9 Å². The molecule has 35 heavy (non-hydrogen) atoms. The lowest BCUT2D eigenvalue weighted by molar-refractivity contribution is -0.123. The normalized spacial score (nSPS) is 17.7. The maximum atomic E-state index is 13.6. The minimum Gasteiger partial charge on any atom is -0.358 e. The van der Waals surface area contributed by atoms with Gasteiger partial charge >= 0.3 is 0 Å². The van der Waals surface area contributed by atoms with Crippen molar-refractivity contribution in [1.82, 2.24) is 15.2 Å². The van der Waals surface area contributed by atoms with E-state index in [0.717, 1.165) is 6.26 Å². The molecule has 2 heterocycles. The highest BCUT2D eigenvalue weighted by Gasteiger charge is 2.41. The summed E-state index contributed by atoms with van der Waals surface area (Å²) in [4.78, 5) is 44.4. The third-order valence-electron chi connectivity index (χ3n) is 6.11. The topological polar surface area (TPSA) is 126 Å². The SMILES string of the molecule is CNC(=O)CN1C(=O)c2ccc(Cl)cc2[C@H](C(=O)Nc2cncc3cc(S(C)(=O)=O)ccc23)[C@H]1C. The molecule has 2 atom stereocenters. The highest BCUT2D eigenvalue weighted by atomic mass is 35.5. The Morgan fingerprint density at radius 3 is 2.57 bits per heavy atom. The van der Waals surface area contributed by atoms with E-state index in [0.29, 0.717) is 32.6 Å². The first-order valence-corrected chi connectivity index (χ1v) is 13.0. The Kier molecular flexibility index (Phi) is 6.52. The number of rotatable bonds is 5. The monoisotopic (exact) mass is 514 g/mol. The molecule has 1 aliphatic rings. The van der Waals surface area contributed by atoms with Gasteiger partial charge in [-0.05, 0) is 42.8 Å². The molecule has 4 rings (SSSR count). The summed E-state index contributed by atoms with van der Waals surface area (Å²) in [6, 6.07) is 8.63. The molecule has 11 heteroatoms. The van der Waals surface area contributed by atoms with Crippen LogP contribution in [0.3, 0.4) is 0 Å². The summed E-state index contributed by atoms with van der Waals surface area (Å²) in [5.41, 5.74) is 1.15. The zero-order chi connectivity index (χ0) is 25.5. The van der Waals surface area contributed by atoms with E-state index in [1.54, 1.807) is 31.2 Å². The molecule has 0 radical (unpaired) electrons. The third-order valence-corrected chi connectivity index (χ3v) is 7.45. The van der Waals surface area contributed by atoms with Crippen LogP contribution in [0.2, 0.25) is 5.02 Å². The number of nitrogens with zero attached hydrogens (tertiary/aromatic N) is 2. The van der Waals surface area contributed by atoms with Gasteiger partial charge in [0.2, 0.25) is 11.8 Å². The molecule has 0 saturated heterocycles. The number of halogens is 1. The van der Waals surface area contributed by atoms with Gasteiger partial charge in [0.15, 0.2) is 9.84 Å². The molecule has 0 unspecified atom stereocenters. The predicted molar refractivity (Wildman–Crippen MR) is 132 cm³/mol. The van der Waals surface area contributed by atoms with Gasteiger partial charge in [0.05, 0.1) is 22.7 Å². The second kappa shape index (κ2) is 9.27. The van der Waals surface area contributed by atoms with Gasteiger partial charge in [-0.15, -0.1) is 0 Å². The number of anilines is 1. The average molecular weight is 515 g/mol. The fraction of sp³-hybridized carbons (Fsp3) is 0.250. The van der Waals surface area contributed by atoms with Gasteiger partial charge in [-0.25, -0.2) is 8.42 Å². The van der Waals surface area contributed by atoms with Crippen LogP contribution >= 0.6 is 11.6 Å². The number of carbonyl (C=O) groups is 3. The van der Waals surface area contributed by atoms with E-state index in [4.69, 9.17) is 11.6 Å². The van der Waals surface area contributed by atoms with Crippen LogP contribution in [0.5, 0.6) is 0 Å². The molecule has 0 spiro atoms. The molecule has 0 aliphatic carbocycles. The number of pyridine rings is 1. The van der Waals surface area contributed by atoms with E-state index in [2.05, 4.69) is 15.6 Å². The van der Waals surface area contributed by atoms with Gasteiger partial charge in [-0.1, -0.05) is 17.7 Å². The maximum Gasteiger partial charge on any atom is 0.254 e. The van der Waals surface area contributed by atoms with Crippen LogP contribution in [0.25, 0.3) is 10.8 Å². The third kappa shape index (κ3) is 4.71. The number of benzene rings is 2. The molecule has 0 fully saturated rings. The second-order valence-electron chi connectivity index (χ2n) is 8.39. The lowest BCUT2D eigenvalue weighted by Crippen LogP contribution is -2.52. The van der Waals surface area contributed by atoms with Crippen LogP contribution in [0, 0.1) is 0 Å². The number of nitrogens with one attached hydrogen (secondary N) is 2. The van der Waals surface area contributed by atoms with Gasteiger partial charge < -0.3 is 15.5 Å². The minimum absolute atomic E-state index is 0.142. The van der Waals surface area contributed by atoms with Crippen molar-refractivity contribution in [2.45, 2.75) is 23.8 Å². The van der Waals surface area contributed by atoms with Crippen molar-refractivity contribution >= 4 is 55.6 Å². The summed E-state index contributed by atoms with van der Waals surface area (Å²) in [6.45, 7) is 1.50. The van der Waals surface area contributed by atoms with Crippen molar-refractivity contribution in [2.24, 2.45) is 0 Å². The molecular weight excluding hydrogens is 492 g/mol. The minimum atomic E-state index is -3.41. The molecule has 0 saturated carbocycles. The number of hydrogen-bond acceptors (Lipinski definition) is 6. The van der Waals surface area contributed by atoms with E-state index in [9.17, 15) is 22.8 Å². The first-order valence-electron chi connectivity index (χ1n) is 10.7. The van der Waals surface area contributed by atoms with Gasteiger partial charge in [0.25, 0.3) is 5.91 Å². The number of likely N-dealkylation sites (N-methyl/N-ethyl adjacent to an activating group) is 1. The first-order chi connectivity index (χ1) is 16.5.